The number of nitrogens with zero attached hydrogens (tertiary/aromatic N) is 3. The number of hydrogen-bond acceptors (Lipinski definition) is 3. The number of pyridine rings is 1. The van der Waals surface area contributed by atoms with E-state index in [1.165, 1.54) is 6.07 Å². The van der Waals surface area contributed by atoms with Gasteiger partial charge in [-0.15, -0.1) is 0 Å². The molecule has 0 saturated heterocycles. The first-order valence-electron chi connectivity index (χ1n) is 8.21. The summed E-state index contributed by atoms with van der Waals surface area (Å²) in [4.78, 5) is 28.0. The van der Waals surface area contributed by atoms with Gasteiger partial charge >= 0.3 is 0 Å². The van der Waals surface area contributed by atoms with Crippen molar-refractivity contribution in [3.63, 3.8) is 0 Å². The summed E-state index contributed by atoms with van der Waals surface area (Å²) in [6.07, 6.45) is 1.55. The molecule has 4 rings (SSSR count). The zero-order valence-corrected chi connectivity index (χ0v) is 15.1. The van der Waals surface area contributed by atoms with E-state index in [1.807, 2.05) is 43.3 Å². The lowest BCUT2D eigenvalue weighted by Gasteiger charge is -2.12. The highest BCUT2D eigenvalue weighted by Gasteiger charge is 2.17. The molecule has 2 aromatic carbocycles. The molecule has 2 aromatic heterocycles. The fourth-order valence-electron chi connectivity index (χ4n) is 3.00. The first-order chi connectivity index (χ1) is 13.1. The van der Waals surface area contributed by atoms with Gasteiger partial charge in [0.25, 0.3) is 0 Å². The summed E-state index contributed by atoms with van der Waals surface area (Å²) in [6, 6.07) is 14.6. The minimum Gasteiger partial charge on any atom is -0.345 e. The van der Waals surface area contributed by atoms with Crippen molar-refractivity contribution in [1.82, 2.24) is 15.0 Å². The molecule has 0 aliphatic heterocycles. The smallest absolute Gasteiger partial charge is 0.209 e. The highest BCUT2D eigenvalue weighted by atomic mass is 35.5. The van der Waals surface area contributed by atoms with E-state index in [9.17, 15) is 4.79 Å². The van der Waals surface area contributed by atoms with Crippen LogP contribution in [0.25, 0.3) is 38.5 Å². The van der Waals surface area contributed by atoms with Crippen molar-refractivity contribution in [3.05, 3.63) is 87.0 Å². The molecule has 0 aliphatic rings. The van der Waals surface area contributed by atoms with Crippen molar-refractivity contribution in [2.24, 2.45) is 0 Å². The Morgan fingerprint density at radius 3 is 2.48 bits per heavy atom. The Kier molecular flexibility index (Phi) is 4.19. The predicted molar refractivity (Wildman–Crippen MR) is 107 cm³/mol. The van der Waals surface area contributed by atoms with Crippen LogP contribution in [0.15, 0.2) is 59.5 Å². The molecule has 0 aliphatic carbocycles. The van der Waals surface area contributed by atoms with E-state index in [0.717, 1.165) is 11.1 Å². The molecule has 5 nitrogen and oxygen atoms in total. The van der Waals surface area contributed by atoms with Crippen molar-refractivity contribution >= 4 is 28.5 Å². The van der Waals surface area contributed by atoms with Crippen molar-refractivity contribution in [2.45, 2.75) is 6.92 Å². The van der Waals surface area contributed by atoms with E-state index in [-0.39, 0.29) is 10.9 Å². The minimum atomic E-state index is -0.210. The molecular formula is C21H13ClN4O. The number of nitrogens with one attached hydrogen (secondary N) is 1. The number of aromatic amines is 1. The van der Waals surface area contributed by atoms with Gasteiger partial charge < -0.3 is 4.98 Å². The fourth-order valence-corrected chi connectivity index (χ4v) is 3.31. The number of benzene rings is 2. The summed E-state index contributed by atoms with van der Waals surface area (Å²) in [7, 11) is 0. The lowest BCUT2D eigenvalue weighted by atomic mass is 10.0. The van der Waals surface area contributed by atoms with E-state index < -0.39 is 0 Å². The minimum absolute atomic E-state index is 0.210. The van der Waals surface area contributed by atoms with Crippen molar-refractivity contribution in [2.75, 3.05) is 0 Å². The Hall–Kier alpha value is -3.49. The van der Waals surface area contributed by atoms with Crippen LogP contribution in [0.2, 0.25) is 5.02 Å². The molecule has 0 radical (unpaired) electrons. The third kappa shape index (κ3) is 2.97. The molecule has 1 N–H and O–H groups in total. The fraction of sp³-hybridized carbons (Fsp3) is 0.0476. The van der Waals surface area contributed by atoms with Gasteiger partial charge in [-0.2, -0.15) is 0 Å². The maximum atomic E-state index is 12.3. The first-order valence-corrected chi connectivity index (χ1v) is 8.59. The van der Waals surface area contributed by atoms with Crippen molar-refractivity contribution in [3.8, 4) is 22.5 Å². The molecule has 6 heteroatoms. The zero-order chi connectivity index (χ0) is 19.0. The Balaban J connectivity index is 2.09. The maximum absolute atomic E-state index is 12.3. The second-order valence-electron chi connectivity index (χ2n) is 6.06. The van der Waals surface area contributed by atoms with Gasteiger partial charge in [0.1, 0.15) is 0 Å². The standard InChI is InChI=1S/C21H13ClN4O/c1-12-10-14(11-15(22)17(12)23-2)19-18(13-6-4-3-5-7-13)26-21-20(25-19)16(27)8-9-24-21/h3-11H,1H3,(H,24,26,27). The molecule has 130 valence electrons. The zero-order valence-electron chi connectivity index (χ0n) is 14.3. The van der Waals surface area contributed by atoms with E-state index in [0.29, 0.717) is 33.3 Å². The van der Waals surface area contributed by atoms with E-state index in [4.69, 9.17) is 18.2 Å². The summed E-state index contributed by atoms with van der Waals surface area (Å²) >= 11 is 6.30. The van der Waals surface area contributed by atoms with Crippen LogP contribution in [-0.4, -0.2) is 15.0 Å². The van der Waals surface area contributed by atoms with Crippen LogP contribution in [0.1, 0.15) is 5.56 Å². The van der Waals surface area contributed by atoms with Crippen LogP contribution >= 0.6 is 11.6 Å². The van der Waals surface area contributed by atoms with Crippen molar-refractivity contribution in [1.29, 1.82) is 0 Å². The Labute approximate surface area is 160 Å². The third-order valence-electron chi connectivity index (χ3n) is 4.27. The first kappa shape index (κ1) is 17.0. The molecular weight excluding hydrogens is 360 g/mol. The number of H-pyrrole nitrogens is 1. The summed E-state index contributed by atoms with van der Waals surface area (Å²) in [5.74, 6) is 0. The largest absolute Gasteiger partial charge is 0.345 e. The van der Waals surface area contributed by atoms with Crippen LogP contribution in [0, 0.1) is 13.5 Å². The van der Waals surface area contributed by atoms with E-state index in [1.54, 1.807) is 12.3 Å². The van der Waals surface area contributed by atoms with Gasteiger partial charge in [-0.3, -0.25) is 4.79 Å². The summed E-state index contributed by atoms with van der Waals surface area (Å²) in [6.45, 7) is 9.11. The molecule has 0 fully saturated rings. The number of aromatic nitrogens is 3. The maximum Gasteiger partial charge on any atom is 0.209 e. The quantitative estimate of drug-likeness (QED) is 0.494. The van der Waals surface area contributed by atoms with Gasteiger partial charge in [0.15, 0.2) is 11.2 Å². The number of halogens is 1. The number of hydrogen-bond donors (Lipinski definition) is 1. The van der Waals surface area contributed by atoms with Crippen molar-refractivity contribution < 1.29 is 0 Å². The molecule has 0 saturated carbocycles. The van der Waals surface area contributed by atoms with Gasteiger partial charge in [0.2, 0.25) is 11.1 Å². The average molecular weight is 373 g/mol. The van der Waals surface area contributed by atoms with Crippen LogP contribution in [0.3, 0.4) is 0 Å². The normalized spacial score (nSPS) is 10.7. The Morgan fingerprint density at radius 1 is 1.04 bits per heavy atom. The number of aryl methyl sites for hydroxylation is 1. The Bertz CT molecular complexity index is 1250. The lowest BCUT2D eigenvalue weighted by molar-refractivity contribution is 1.21. The summed E-state index contributed by atoms with van der Waals surface area (Å²) < 4.78 is 0. The number of fused-ring (bicyclic) bond motifs is 1. The van der Waals surface area contributed by atoms with Gasteiger partial charge in [-0.25, -0.2) is 14.8 Å². The SMILES string of the molecule is [C-]#[N+]c1c(C)cc(-c2nc3c(=O)cc[nH]c3nc2-c2ccccc2)cc1Cl. The Morgan fingerprint density at radius 2 is 1.78 bits per heavy atom. The van der Waals surface area contributed by atoms with Gasteiger partial charge in [0, 0.05) is 28.4 Å². The number of rotatable bonds is 2. The highest BCUT2D eigenvalue weighted by Crippen LogP contribution is 2.37. The van der Waals surface area contributed by atoms with Gasteiger partial charge in [-0.05, 0) is 18.6 Å². The second kappa shape index (κ2) is 6.67. The predicted octanol–water partition coefficient (Wildman–Crippen LogP) is 5.16. The van der Waals surface area contributed by atoms with Crippen LogP contribution in [0.4, 0.5) is 5.69 Å². The van der Waals surface area contributed by atoms with Crippen LogP contribution in [0.5, 0.6) is 0 Å². The molecule has 2 heterocycles. The van der Waals surface area contributed by atoms with Gasteiger partial charge in [0.05, 0.1) is 18.0 Å². The molecule has 0 atom stereocenters. The molecule has 0 unspecified atom stereocenters. The van der Waals surface area contributed by atoms with E-state index in [2.05, 4.69) is 19.8 Å². The molecule has 4 aromatic rings. The third-order valence-corrected chi connectivity index (χ3v) is 4.56. The summed E-state index contributed by atoms with van der Waals surface area (Å²) in [5.41, 5.74) is 4.39. The summed E-state index contributed by atoms with van der Waals surface area (Å²) in [5, 5.41) is 0.350. The van der Waals surface area contributed by atoms with Gasteiger partial charge in [-0.1, -0.05) is 48.0 Å². The van der Waals surface area contributed by atoms with E-state index >= 15 is 0 Å². The lowest BCUT2D eigenvalue weighted by Crippen LogP contribution is -2.06. The molecule has 0 bridgehead atoms. The molecule has 0 amide bonds. The molecule has 0 spiro atoms. The monoisotopic (exact) mass is 372 g/mol. The van der Waals surface area contributed by atoms with Crippen LogP contribution in [-0.2, 0) is 0 Å². The average Bonchev–Trinajstić information content (AvgIpc) is 2.68. The molecule has 27 heavy (non-hydrogen) atoms. The highest BCUT2D eigenvalue weighted by molar-refractivity contribution is 6.33. The topological polar surface area (TPSA) is 63.0 Å². The van der Waals surface area contributed by atoms with Crippen LogP contribution < -0.4 is 5.43 Å². The second-order valence-corrected chi connectivity index (χ2v) is 6.47.